The van der Waals surface area contributed by atoms with Crippen molar-refractivity contribution in [1.29, 1.82) is 0 Å². The number of nitrogens with two attached hydrogens (primary N) is 1. The Morgan fingerprint density at radius 2 is 2.06 bits per heavy atom. The highest BCUT2D eigenvalue weighted by atomic mass is 16.7. The van der Waals surface area contributed by atoms with Gasteiger partial charge in [0.2, 0.25) is 6.79 Å². The molecule has 1 heterocycles. The third-order valence-electron chi connectivity index (χ3n) is 4.43. The van der Waals surface area contributed by atoms with Gasteiger partial charge in [0.05, 0.1) is 0 Å². The minimum atomic E-state index is 0.181. The maximum absolute atomic E-state index is 6.04. The molecule has 0 unspecified atom stereocenters. The number of ether oxygens (including phenoxy) is 2. The molecule has 2 N–H and O–H groups in total. The number of fused-ring (bicyclic) bond motifs is 1. The third-order valence-corrected chi connectivity index (χ3v) is 4.43. The van der Waals surface area contributed by atoms with Crippen LogP contribution in [0.4, 0.5) is 0 Å². The van der Waals surface area contributed by atoms with Crippen LogP contribution in [0.5, 0.6) is 11.5 Å². The molecule has 2 aliphatic rings. The van der Waals surface area contributed by atoms with Crippen molar-refractivity contribution in [3.8, 4) is 11.5 Å². The first kappa shape index (κ1) is 11.8. The van der Waals surface area contributed by atoms with Crippen LogP contribution in [-0.4, -0.2) is 13.3 Å². The summed E-state index contributed by atoms with van der Waals surface area (Å²) in [5.74, 6) is 2.26. The maximum atomic E-state index is 6.04. The lowest BCUT2D eigenvalue weighted by molar-refractivity contribution is 0.172. The lowest BCUT2D eigenvalue weighted by Gasteiger charge is -2.43. The normalized spacial score (nSPS) is 20.0. The summed E-state index contributed by atoms with van der Waals surface area (Å²) >= 11 is 0. The zero-order valence-corrected chi connectivity index (χ0v) is 11.2. The lowest BCUT2D eigenvalue weighted by atomic mass is 9.62. The van der Waals surface area contributed by atoms with E-state index >= 15 is 0 Å². The molecule has 0 radical (unpaired) electrons. The van der Waals surface area contributed by atoms with Gasteiger partial charge in [0.15, 0.2) is 11.5 Å². The summed E-state index contributed by atoms with van der Waals surface area (Å²) in [6.45, 7) is 5.49. The van der Waals surface area contributed by atoms with Crippen LogP contribution in [0.25, 0.3) is 0 Å². The summed E-state index contributed by atoms with van der Waals surface area (Å²) in [6.07, 6.45) is 3.68. The van der Waals surface area contributed by atoms with Crippen LogP contribution < -0.4 is 15.2 Å². The van der Waals surface area contributed by atoms with E-state index in [0.717, 1.165) is 18.0 Å². The van der Waals surface area contributed by atoms with E-state index in [1.165, 1.54) is 30.4 Å². The topological polar surface area (TPSA) is 44.5 Å². The molecule has 3 heteroatoms. The summed E-state index contributed by atoms with van der Waals surface area (Å²) in [4.78, 5) is 0. The van der Waals surface area contributed by atoms with Crippen LogP contribution in [0.3, 0.4) is 0 Å². The molecule has 0 saturated heterocycles. The van der Waals surface area contributed by atoms with Crippen molar-refractivity contribution >= 4 is 0 Å². The van der Waals surface area contributed by atoms with Crippen molar-refractivity contribution in [2.75, 3.05) is 13.3 Å². The van der Waals surface area contributed by atoms with E-state index in [1.54, 1.807) is 0 Å². The van der Waals surface area contributed by atoms with E-state index < -0.39 is 0 Å². The van der Waals surface area contributed by atoms with Gasteiger partial charge in [-0.3, -0.25) is 0 Å². The van der Waals surface area contributed by atoms with Crippen LogP contribution in [0.1, 0.15) is 50.2 Å². The van der Waals surface area contributed by atoms with Gasteiger partial charge in [0.25, 0.3) is 0 Å². The molecule has 0 atom stereocenters. The minimum Gasteiger partial charge on any atom is -0.454 e. The maximum Gasteiger partial charge on any atom is 0.231 e. The van der Waals surface area contributed by atoms with E-state index in [0.29, 0.717) is 12.7 Å². The standard InChI is InChI=1S/C15H21NO2/c1-10(2)13-11(15(8-16)6-3-7-15)4-5-12-14(13)18-9-17-12/h4-5,10H,3,6-9,16H2,1-2H3. The first-order valence-corrected chi connectivity index (χ1v) is 6.81. The van der Waals surface area contributed by atoms with Crippen LogP contribution in [0.2, 0.25) is 0 Å². The van der Waals surface area contributed by atoms with E-state index in [4.69, 9.17) is 15.2 Å². The van der Waals surface area contributed by atoms with Crippen molar-refractivity contribution in [2.24, 2.45) is 5.73 Å². The average Bonchev–Trinajstić information content (AvgIpc) is 2.75. The molecule has 3 nitrogen and oxygen atoms in total. The fourth-order valence-electron chi connectivity index (χ4n) is 3.22. The van der Waals surface area contributed by atoms with Gasteiger partial charge in [-0.1, -0.05) is 26.3 Å². The van der Waals surface area contributed by atoms with Crippen LogP contribution in [0.15, 0.2) is 12.1 Å². The average molecular weight is 247 g/mol. The molecular weight excluding hydrogens is 226 g/mol. The van der Waals surface area contributed by atoms with Gasteiger partial charge >= 0.3 is 0 Å². The van der Waals surface area contributed by atoms with E-state index in [2.05, 4.69) is 19.9 Å². The number of rotatable bonds is 3. The second-order valence-corrected chi connectivity index (χ2v) is 5.75. The molecule has 18 heavy (non-hydrogen) atoms. The number of benzene rings is 1. The Hall–Kier alpha value is -1.22. The molecule has 1 saturated carbocycles. The van der Waals surface area contributed by atoms with Gasteiger partial charge < -0.3 is 15.2 Å². The van der Waals surface area contributed by atoms with Gasteiger partial charge in [0, 0.05) is 17.5 Å². The Kier molecular flexibility index (Phi) is 2.74. The van der Waals surface area contributed by atoms with E-state index in [1.807, 2.05) is 6.07 Å². The summed E-state index contributed by atoms with van der Waals surface area (Å²) in [7, 11) is 0. The predicted molar refractivity (Wildman–Crippen MR) is 71.2 cm³/mol. The second kappa shape index (κ2) is 4.16. The highest BCUT2D eigenvalue weighted by Gasteiger charge is 2.41. The molecule has 0 spiro atoms. The van der Waals surface area contributed by atoms with Crippen LogP contribution in [-0.2, 0) is 5.41 Å². The highest BCUT2D eigenvalue weighted by Crippen LogP contribution is 2.50. The van der Waals surface area contributed by atoms with Crippen LogP contribution >= 0.6 is 0 Å². The van der Waals surface area contributed by atoms with Gasteiger partial charge in [0.1, 0.15) is 0 Å². The molecule has 0 bridgehead atoms. The van der Waals surface area contributed by atoms with Gasteiger partial charge in [-0.25, -0.2) is 0 Å². The van der Waals surface area contributed by atoms with Crippen molar-refractivity contribution in [2.45, 2.75) is 44.4 Å². The smallest absolute Gasteiger partial charge is 0.231 e. The molecule has 0 aromatic heterocycles. The summed E-state index contributed by atoms with van der Waals surface area (Å²) in [5.41, 5.74) is 8.91. The Balaban J connectivity index is 2.15. The van der Waals surface area contributed by atoms with E-state index in [9.17, 15) is 0 Å². The third kappa shape index (κ3) is 1.53. The van der Waals surface area contributed by atoms with Crippen molar-refractivity contribution in [3.63, 3.8) is 0 Å². The largest absolute Gasteiger partial charge is 0.454 e. The Morgan fingerprint density at radius 1 is 1.28 bits per heavy atom. The molecule has 1 aliphatic heterocycles. The molecule has 1 fully saturated rings. The van der Waals surface area contributed by atoms with Crippen molar-refractivity contribution in [1.82, 2.24) is 0 Å². The van der Waals surface area contributed by atoms with E-state index in [-0.39, 0.29) is 5.41 Å². The molecular formula is C15H21NO2. The molecule has 0 amide bonds. The second-order valence-electron chi connectivity index (χ2n) is 5.75. The minimum absolute atomic E-state index is 0.181. The zero-order valence-electron chi connectivity index (χ0n) is 11.2. The van der Waals surface area contributed by atoms with Gasteiger partial charge in [-0.05, 0) is 30.4 Å². The molecule has 1 aliphatic carbocycles. The van der Waals surface area contributed by atoms with Crippen molar-refractivity contribution < 1.29 is 9.47 Å². The highest BCUT2D eigenvalue weighted by molar-refractivity contribution is 5.56. The summed E-state index contributed by atoms with van der Waals surface area (Å²) in [6, 6.07) is 4.24. The van der Waals surface area contributed by atoms with Crippen molar-refractivity contribution in [3.05, 3.63) is 23.3 Å². The van der Waals surface area contributed by atoms with Crippen LogP contribution in [0, 0.1) is 0 Å². The predicted octanol–water partition coefficient (Wildman–Crippen LogP) is 2.92. The first-order chi connectivity index (χ1) is 8.68. The number of hydrogen-bond donors (Lipinski definition) is 1. The zero-order chi connectivity index (χ0) is 12.8. The van der Waals surface area contributed by atoms with Gasteiger partial charge in [-0.15, -0.1) is 0 Å². The Labute approximate surface area is 108 Å². The summed E-state index contributed by atoms with van der Waals surface area (Å²) in [5, 5.41) is 0. The fourth-order valence-corrected chi connectivity index (χ4v) is 3.22. The Bertz CT molecular complexity index is 458. The van der Waals surface area contributed by atoms with Gasteiger partial charge in [-0.2, -0.15) is 0 Å². The first-order valence-electron chi connectivity index (χ1n) is 6.81. The Morgan fingerprint density at radius 3 is 2.61 bits per heavy atom. The number of hydrogen-bond acceptors (Lipinski definition) is 3. The summed E-state index contributed by atoms with van der Waals surface area (Å²) < 4.78 is 11.2. The molecule has 1 aromatic rings. The molecule has 3 rings (SSSR count). The SMILES string of the molecule is CC(C)c1c(C2(CN)CCC2)ccc2c1OCO2. The quantitative estimate of drug-likeness (QED) is 0.893. The molecule has 1 aromatic carbocycles. The fraction of sp³-hybridized carbons (Fsp3) is 0.600. The monoisotopic (exact) mass is 247 g/mol. The molecule has 98 valence electrons. The lowest BCUT2D eigenvalue weighted by Crippen LogP contribution is -2.42.